The highest BCUT2D eigenvalue weighted by Gasteiger charge is 2.45. The van der Waals surface area contributed by atoms with Gasteiger partial charge in [0.2, 0.25) is 5.91 Å². The number of rotatable bonds is 7. The van der Waals surface area contributed by atoms with Crippen molar-refractivity contribution >= 4 is 34.3 Å². The molecule has 2 aromatic carbocycles. The van der Waals surface area contributed by atoms with E-state index >= 15 is 0 Å². The normalized spacial score (nSPS) is 17.4. The lowest BCUT2D eigenvalue weighted by molar-refractivity contribution is -0.123. The summed E-state index contributed by atoms with van der Waals surface area (Å²) in [6.45, 7) is 4.74. The first-order valence-electron chi connectivity index (χ1n) is 12.7. The molecule has 0 saturated carbocycles. The van der Waals surface area contributed by atoms with Gasteiger partial charge in [-0.1, -0.05) is 11.6 Å². The van der Waals surface area contributed by atoms with Crippen molar-refractivity contribution in [3.63, 3.8) is 0 Å². The molecule has 0 fully saturated rings. The monoisotopic (exact) mass is 578 g/mol. The standard InChI is InChI=1S/C30H28ClFN4O5/c1-15-7-17-8-18(10-22(40-4)24(17)34-12-15)27(37)35-13-30(3,39)23-11-19-26(41-14-29(19,2)28(33)38)25(36-23)16-5-6-21(32)20(31)9-16/h5-12,39H,13-14H2,1-4H3,(H2,33,38)(H,35,37)/t29-,30-/m0/s1. The SMILES string of the molecule is COc1cc(C(=O)NC[C@](C)(O)c2cc3c(c(-c4ccc(F)c(Cl)c4)n2)OC[C@]3(C)C(N)=O)cc2cc(C)cnc12. The molecule has 0 bridgehead atoms. The fourth-order valence-corrected chi connectivity index (χ4v) is 4.94. The Labute approximate surface area is 240 Å². The average Bonchev–Trinajstić information content (AvgIpc) is 3.29. The fourth-order valence-electron chi connectivity index (χ4n) is 4.76. The van der Waals surface area contributed by atoms with Gasteiger partial charge in [0.1, 0.15) is 46.1 Å². The van der Waals surface area contributed by atoms with Gasteiger partial charge in [-0.2, -0.15) is 0 Å². The molecule has 212 valence electrons. The van der Waals surface area contributed by atoms with Crippen molar-refractivity contribution in [2.45, 2.75) is 31.8 Å². The Kier molecular flexibility index (Phi) is 7.08. The smallest absolute Gasteiger partial charge is 0.251 e. The van der Waals surface area contributed by atoms with Crippen molar-refractivity contribution in [3.8, 4) is 22.8 Å². The number of halogens is 2. The topological polar surface area (TPSA) is 137 Å². The van der Waals surface area contributed by atoms with Gasteiger partial charge in [-0.15, -0.1) is 0 Å². The highest BCUT2D eigenvalue weighted by atomic mass is 35.5. The molecule has 0 aliphatic carbocycles. The van der Waals surface area contributed by atoms with Crippen molar-refractivity contribution in [1.29, 1.82) is 0 Å². The summed E-state index contributed by atoms with van der Waals surface area (Å²) in [6, 6.07) is 10.8. The number of aryl methyl sites for hydroxylation is 1. The second-order valence-electron chi connectivity index (χ2n) is 10.6. The maximum Gasteiger partial charge on any atom is 0.251 e. The van der Waals surface area contributed by atoms with Crippen LogP contribution in [-0.2, 0) is 15.8 Å². The van der Waals surface area contributed by atoms with E-state index in [1.807, 2.05) is 13.0 Å². The molecule has 2 aromatic heterocycles. The van der Waals surface area contributed by atoms with Crippen LogP contribution in [0.15, 0.2) is 48.7 Å². The second-order valence-corrected chi connectivity index (χ2v) is 11.0. The van der Waals surface area contributed by atoms with Crippen LogP contribution >= 0.6 is 11.6 Å². The highest BCUT2D eigenvalue weighted by molar-refractivity contribution is 6.31. The zero-order chi connectivity index (χ0) is 29.7. The Morgan fingerprint density at radius 2 is 2.02 bits per heavy atom. The lowest BCUT2D eigenvalue weighted by Crippen LogP contribution is -2.41. The minimum Gasteiger partial charge on any atom is -0.494 e. The summed E-state index contributed by atoms with van der Waals surface area (Å²) in [6.07, 6.45) is 1.72. The molecule has 0 radical (unpaired) electrons. The van der Waals surface area contributed by atoms with E-state index in [1.165, 1.54) is 32.2 Å². The third-order valence-corrected chi connectivity index (χ3v) is 7.61. The van der Waals surface area contributed by atoms with Gasteiger partial charge in [0.25, 0.3) is 5.91 Å². The van der Waals surface area contributed by atoms with Crippen LogP contribution in [0.25, 0.3) is 22.2 Å². The molecule has 5 rings (SSSR count). The van der Waals surface area contributed by atoms with Crippen LogP contribution in [0.3, 0.4) is 0 Å². The quantitative estimate of drug-likeness (QED) is 0.299. The number of nitrogens with one attached hydrogen (secondary N) is 1. The Morgan fingerprint density at radius 3 is 2.71 bits per heavy atom. The van der Waals surface area contributed by atoms with Crippen LogP contribution in [0.4, 0.5) is 4.39 Å². The predicted molar refractivity (Wildman–Crippen MR) is 152 cm³/mol. The van der Waals surface area contributed by atoms with Gasteiger partial charge < -0.3 is 25.6 Å². The molecule has 3 heterocycles. The van der Waals surface area contributed by atoms with E-state index in [0.717, 1.165) is 10.9 Å². The van der Waals surface area contributed by atoms with Gasteiger partial charge in [-0.3, -0.25) is 14.6 Å². The number of amides is 2. The van der Waals surface area contributed by atoms with Crippen LogP contribution < -0.4 is 20.5 Å². The fraction of sp³-hybridized carbons (Fsp3) is 0.267. The van der Waals surface area contributed by atoms with Crippen molar-refractivity contribution in [3.05, 3.63) is 81.9 Å². The number of methoxy groups -OCH3 is 1. The molecule has 4 N–H and O–H groups in total. The Balaban J connectivity index is 1.51. The molecule has 2 atom stereocenters. The number of hydrogen-bond donors (Lipinski definition) is 3. The Hall–Kier alpha value is -4.28. The predicted octanol–water partition coefficient (Wildman–Crippen LogP) is 4.18. The van der Waals surface area contributed by atoms with Crippen LogP contribution in [0, 0.1) is 12.7 Å². The van der Waals surface area contributed by atoms with Crippen LogP contribution in [0.2, 0.25) is 5.02 Å². The third kappa shape index (κ3) is 5.05. The highest BCUT2D eigenvalue weighted by Crippen LogP contribution is 2.45. The molecule has 0 saturated heterocycles. The average molecular weight is 579 g/mol. The maximum absolute atomic E-state index is 13.9. The number of carbonyl (C=O) groups excluding carboxylic acids is 2. The van der Waals surface area contributed by atoms with E-state index in [-0.39, 0.29) is 35.3 Å². The number of carbonyl (C=O) groups is 2. The number of primary amides is 1. The number of aliphatic hydroxyl groups is 1. The molecular weight excluding hydrogens is 551 g/mol. The van der Waals surface area contributed by atoms with Crippen molar-refractivity contribution < 1.29 is 28.6 Å². The van der Waals surface area contributed by atoms with Gasteiger partial charge in [0, 0.05) is 28.3 Å². The molecule has 11 heteroatoms. The number of nitrogens with zero attached hydrogens (tertiary/aromatic N) is 2. The zero-order valence-electron chi connectivity index (χ0n) is 22.8. The number of hydrogen-bond acceptors (Lipinski definition) is 7. The largest absolute Gasteiger partial charge is 0.494 e. The summed E-state index contributed by atoms with van der Waals surface area (Å²) >= 11 is 6.03. The van der Waals surface area contributed by atoms with Gasteiger partial charge in [0.15, 0.2) is 0 Å². The summed E-state index contributed by atoms with van der Waals surface area (Å²) in [7, 11) is 1.50. The Bertz CT molecular complexity index is 1730. The van der Waals surface area contributed by atoms with Crippen molar-refractivity contribution in [2.75, 3.05) is 20.3 Å². The lowest BCUT2D eigenvalue weighted by Gasteiger charge is -2.26. The maximum atomic E-state index is 13.9. The van der Waals surface area contributed by atoms with Crippen LogP contribution in [0.1, 0.15) is 41.0 Å². The first kappa shape index (κ1) is 28.3. The summed E-state index contributed by atoms with van der Waals surface area (Å²) < 4.78 is 25.2. The number of pyridine rings is 2. The molecule has 1 aliphatic heterocycles. The summed E-state index contributed by atoms with van der Waals surface area (Å²) in [5.41, 5.74) is 5.89. The number of aromatic nitrogens is 2. The molecule has 1 aliphatic rings. The van der Waals surface area contributed by atoms with E-state index in [1.54, 1.807) is 31.3 Å². The molecule has 0 spiro atoms. The number of ether oxygens (including phenoxy) is 2. The van der Waals surface area contributed by atoms with Crippen molar-refractivity contribution in [2.24, 2.45) is 5.73 Å². The van der Waals surface area contributed by atoms with E-state index in [9.17, 15) is 19.1 Å². The number of fused-ring (bicyclic) bond motifs is 2. The minimum atomic E-state index is -1.70. The summed E-state index contributed by atoms with van der Waals surface area (Å²) in [5.74, 6) is -0.974. The molecule has 0 unspecified atom stereocenters. The minimum absolute atomic E-state index is 0.0399. The Morgan fingerprint density at radius 1 is 1.27 bits per heavy atom. The third-order valence-electron chi connectivity index (χ3n) is 7.32. The number of benzene rings is 2. The van der Waals surface area contributed by atoms with E-state index in [2.05, 4.69) is 15.3 Å². The van der Waals surface area contributed by atoms with E-state index in [0.29, 0.717) is 28.0 Å². The van der Waals surface area contributed by atoms with Crippen LogP contribution in [-0.4, -0.2) is 47.2 Å². The van der Waals surface area contributed by atoms with Gasteiger partial charge in [-0.25, -0.2) is 9.37 Å². The summed E-state index contributed by atoms with van der Waals surface area (Å²) in [4.78, 5) is 34.7. The van der Waals surface area contributed by atoms with Gasteiger partial charge in [-0.05, 0) is 68.8 Å². The molecular formula is C30H28ClFN4O5. The zero-order valence-corrected chi connectivity index (χ0v) is 23.6. The summed E-state index contributed by atoms with van der Waals surface area (Å²) in [5, 5.41) is 14.9. The van der Waals surface area contributed by atoms with Crippen molar-refractivity contribution in [1.82, 2.24) is 15.3 Å². The van der Waals surface area contributed by atoms with Gasteiger partial charge in [0.05, 0.1) is 24.4 Å². The molecule has 9 nitrogen and oxygen atoms in total. The van der Waals surface area contributed by atoms with Crippen LogP contribution in [0.5, 0.6) is 11.5 Å². The molecule has 2 amide bonds. The lowest BCUT2D eigenvalue weighted by atomic mass is 9.82. The first-order chi connectivity index (χ1) is 19.3. The second kappa shape index (κ2) is 10.3. The number of nitrogens with two attached hydrogens (primary N) is 1. The van der Waals surface area contributed by atoms with E-state index < -0.39 is 28.6 Å². The molecule has 41 heavy (non-hydrogen) atoms. The van der Waals surface area contributed by atoms with E-state index in [4.69, 9.17) is 26.8 Å². The molecule has 4 aromatic rings. The van der Waals surface area contributed by atoms with Gasteiger partial charge >= 0.3 is 0 Å². The first-order valence-corrected chi connectivity index (χ1v) is 13.1.